The predicted octanol–water partition coefficient (Wildman–Crippen LogP) is 3.78. The van der Waals surface area contributed by atoms with Crippen molar-refractivity contribution in [2.45, 2.75) is 24.7 Å². The first-order valence-corrected chi connectivity index (χ1v) is 10.9. The van der Waals surface area contributed by atoms with Gasteiger partial charge in [-0.25, -0.2) is 8.42 Å². The molecule has 150 valence electrons. The number of nitrogens with one attached hydrogen (secondary N) is 1. The van der Waals surface area contributed by atoms with Gasteiger partial charge in [0, 0.05) is 23.8 Å². The quantitative estimate of drug-likeness (QED) is 0.768. The van der Waals surface area contributed by atoms with Gasteiger partial charge in [-0.2, -0.15) is 4.31 Å². The minimum atomic E-state index is -3.49. The summed E-state index contributed by atoms with van der Waals surface area (Å²) in [6.45, 7) is 3.04. The van der Waals surface area contributed by atoms with E-state index in [1.165, 1.54) is 16.4 Å². The number of piperidine rings is 1. The van der Waals surface area contributed by atoms with Crippen LogP contribution in [0, 0.1) is 5.92 Å². The molecule has 1 aliphatic rings. The number of nitrogens with zero attached hydrogens (tertiary/aromatic N) is 1. The summed E-state index contributed by atoms with van der Waals surface area (Å²) in [5.41, 5.74) is 0.582. The molecule has 1 amide bonds. The van der Waals surface area contributed by atoms with E-state index in [9.17, 15) is 13.2 Å². The first kappa shape index (κ1) is 20.6. The van der Waals surface area contributed by atoms with Crippen molar-refractivity contribution in [2.24, 2.45) is 5.92 Å². The lowest BCUT2D eigenvalue weighted by Gasteiger charge is -2.29. The van der Waals surface area contributed by atoms with Gasteiger partial charge in [-0.15, -0.1) is 0 Å². The number of hydrogen-bond donors (Lipinski definition) is 1. The van der Waals surface area contributed by atoms with Crippen molar-refractivity contribution in [3.05, 3.63) is 53.6 Å². The summed E-state index contributed by atoms with van der Waals surface area (Å²) in [4.78, 5) is 12.2. The lowest BCUT2D eigenvalue weighted by atomic mass is 10.0. The Hall–Kier alpha value is -2.09. The number of carbonyl (C=O) groups excluding carboxylic acids is 1. The lowest BCUT2D eigenvalue weighted by Crippen LogP contribution is -2.37. The Morgan fingerprint density at radius 2 is 1.86 bits per heavy atom. The van der Waals surface area contributed by atoms with Crippen molar-refractivity contribution in [3.63, 3.8) is 0 Å². The number of sulfonamides is 1. The highest BCUT2D eigenvalue weighted by molar-refractivity contribution is 7.89. The zero-order valence-corrected chi connectivity index (χ0v) is 17.2. The lowest BCUT2D eigenvalue weighted by molar-refractivity contribution is -0.118. The van der Waals surface area contributed by atoms with E-state index in [1.807, 2.05) is 0 Å². The first-order valence-electron chi connectivity index (χ1n) is 9.13. The molecule has 0 unspecified atom stereocenters. The average Bonchev–Trinajstić information content (AvgIpc) is 2.67. The summed E-state index contributed by atoms with van der Waals surface area (Å²) >= 11 is 5.88. The molecular weight excluding hydrogens is 400 g/mol. The van der Waals surface area contributed by atoms with Crippen LogP contribution in [0.4, 0.5) is 5.69 Å². The van der Waals surface area contributed by atoms with Crippen molar-refractivity contribution in [1.29, 1.82) is 0 Å². The first-order chi connectivity index (χ1) is 13.3. The SMILES string of the molecule is CC1CCN(S(=O)(=O)c2ccc(OCC(=O)Nc3cccc(Cl)c3)cc2)CC1. The molecule has 0 saturated carbocycles. The van der Waals surface area contributed by atoms with E-state index in [0.717, 1.165) is 12.8 Å². The van der Waals surface area contributed by atoms with E-state index < -0.39 is 10.0 Å². The van der Waals surface area contributed by atoms with Crippen LogP contribution in [0.25, 0.3) is 0 Å². The summed E-state index contributed by atoms with van der Waals surface area (Å²) in [7, 11) is -3.49. The van der Waals surface area contributed by atoms with Gasteiger partial charge in [0.2, 0.25) is 10.0 Å². The molecule has 28 heavy (non-hydrogen) atoms. The van der Waals surface area contributed by atoms with Crippen LogP contribution in [0.5, 0.6) is 5.75 Å². The van der Waals surface area contributed by atoms with E-state index in [4.69, 9.17) is 16.3 Å². The topological polar surface area (TPSA) is 75.7 Å². The molecule has 6 nitrogen and oxygen atoms in total. The zero-order chi connectivity index (χ0) is 20.1. The van der Waals surface area contributed by atoms with Gasteiger partial charge in [0.25, 0.3) is 5.91 Å². The molecular formula is C20H23ClN2O4S. The number of amides is 1. The number of rotatable bonds is 6. The van der Waals surface area contributed by atoms with Crippen molar-refractivity contribution in [1.82, 2.24) is 4.31 Å². The van der Waals surface area contributed by atoms with Gasteiger partial charge in [-0.05, 0) is 61.2 Å². The second-order valence-electron chi connectivity index (χ2n) is 6.91. The number of hydrogen-bond acceptors (Lipinski definition) is 4. The van der Waals surface area contributed by atoms with E-state index in [-0.39, 0.29) is 17.4 Å². The molecule has 1 N–H and O–H groups in total. The largest absolute Gasteiger partial charge is 0.484 e. The van der Waals surface area contributed by atoms with Crippen LogP contribution in [0.1, 0.15) is 19.8 Å². The van der Waals surface area contributed by atoms with E-state index in [2.05, 4.69) is 12.2 Å². The van der Waals surface area contributed by atoms with Crippen LogP contribution in [0.15, 0.2) is 53.4 Å². The van der Waals surface area contributed by atoms with Crippen LogP contribution in [-0.4, -0.2) is 38.3 Å². The Kier molecular flexibility index (Phi) is 6.59. The van der Waals surface area contributed by atoms with Gasteiger partial charge in [-0.3, -0.25) is 4.79 Å². The van der Waals surface area contributed by atoms with Gasteiger partial charge in [0.15, 0.2) is 6.61 Å². The smallest absolute Gasteiger partial charge is 0.262 e. The summed E-state index contributed by atoms with van der Waals surface area (Å²) in [5.74, 6) is 0.647. The summed E-state index contributed by atoms with van der Waals surface area (Å²) < 4.78 is 32.4. The van der Waals surface area contributed by atoms with Gasteiger partial charge in [0.05, 0.1) is 4.90 Å². The number of ether oxygens (including phenoxy) is 1. The Bertz CT molecular complexity index is 923. The molecule has 1 saturated heterocycles. The van der Waals surface area contributed by atoms with Crippen LogP contribution in [0.3, 0.4) is 0 Å². The number of halogens is 1. The molecule has 8 heteroatoms. The summed E-state index contributed by atoms with van der Waals surface area (Å²) in [5, 5.41) is 3.21. The normalized spacial score (nSPS) is 15.9. The van der Waals surface area contributed by atoms with Crippen molar-refractivity contribution < 1.29 is 17.9 Å². The van der Waals surface area contributed by atoms with Crippen LogP contribution < -0.4 is 10.1 Å². The summed E-state index contributed by atoms with van der Waals surface area (Å²) in [6.07, 6.45) is 1.75. The highest BCUT2D eigenvalue weighted by Crippen LogP contribution is 2.24. The molecule has 0 atom stereocenters. The van der Waals surface area contributed by atoms with E-state index in [1.54, 1.807) is 36.4 Å². The molecule has 0 spiro atoms. The van der Waals surface area contributed by atoms with Crippen molar-refractivity contribution in [2.75, 3.05) is 25.0 Å². The third-order valence-electron chi connectivity index (χ3n) is 4.68. The van der Waals surface area contributed by atoms with Crippen molar-refractivity contribution in [3.8, 4) is 5.75 Å². The molecule has 0 aromatic heterocycles. The Morgan fingerprint density at radius 1 is 1.18 bits per heavy atom. The molecule has 1 aliphatic heterocycles. The van der Waals surface area contributed by atoms with Gasteiger partial charge in [0.1, 0.15) is 5.75 Å². The number of benzene rings is 2. The predicted molar refractivity (Wildman–Crippen MR) is 109 cm³/mol. The van der Waals surface area contributed by atoms with Crippen LogP contribution in [-0.2, 0) is 14.8 Å². The highest BCUT2D eigenvalue weighted by Gasteiger charge is 2.27. The molecule has 0 bridgehead atoms. The maximum atomic E-state index is 12.7. The molecule has 2 aromatic rings. The fourth-order valence-corrected chi connectivity index (χ4v) is 4.65. The number of anilines is 1. The summed E-state index contributed by atoms with van der Waals surface area (Å²) in [6, 6.07) is 13.0. The standard InChI is InChI=1S/C20H23ClN2O4S/c1-15-9-11-23(12-10-15)28(25,26)19-7-5-18(6-8-19)27-14-20(24)22-17-4-2-3-16(21)13-17/h2-8,13,15H,9-12,14H2,1H3,(H,22,24). The van der Waals surface area contributed by atoms with Crippen LogP contribution in [0.2, 0.25) is 5.02 Å². The van der Waals surface area contributed by atoms with E-state index >= 15 is 0 Å². The van der Waals surface area contributed by atoms with Gasteiger partial charge in [-0.1, -0.05) is 24.6 Å². The molecule has 3 rings (SSSR count). The minimum absolute atomic E-state index is 0.192. The molecule has 1 heterocycles. The fourth-order valence-electron chi connectivity index (χ4n) is 2.99. The fraction of sp³-hybridized carbons (Fsp3) is 0.350. The van der Waals surface area contributed by atoms with Gasteiger partial charge >= 0.3 is 0 Å². The second-order valence-corrected chi connectivity index (χ2v) is 9.28. The molecule has 0 radical (unpaired) electrons. The molecule has 2 aromatic carbocycles. The highest BCUT2D eigenvalue weighted by atomic mass is 35.5. The van der Waals surface area contributed by atoms with Crippen molar-refractivity contribution >= 4 is 33.2 Å². The molecule has 1 fully saturated rings. The maximum absolute atomic E-state index is 12.7. The Morgan fingerprint density at radius 3 is 2.50 bits per heavy atom. The minimum Gasteiger partial charge on any atom is -0.484 e. The number of carbonyl (C=O) groups is 1. The third-order valence-corrected chi connectivity index (χ3v) is 6.83. The zero-order valence-electron chi connectivity index (χ0n) is 15.6. The van der Waals surface area contributed by atoms with E-state index in [0.29, 0.717) is 35.5 Å². The van der Waals surface area contributed by atoms with Gasteiger partial charge < -0.3 is 10.1 Å². The third kappa shape index (κ3) is 5.25. The monoisotopic (exact) mass is 422 g/mol. The Balaban J connectivity index is 1.56. The average molecular weight is 423 g/mol. The molecule has 0 aliphatic carbocycles. The van der Waals surface area contributed by atoms with Crippen LogP contribution >= 0.6 is 11.6 Å². The maximum Gasteiger partial charge on any atom is 0.262 e. The second kappa shape index (κ2) is 8.94. The Labute approximate surface area is 170 Å².